The summed E-state index contributed by atoms with van der Waals surface area (Å²) in [6.45, 7) is 0. The number of aromatic nitrogens is 1. The Morgan fingerprint density at radius 3 is 1.87 bits per heavy atom. The van der Waals surface area contributed by atoms with E-state index in [1.165, 1.54) is 17.5 Å². The first-order valence-corrected chi connectivity index (χ1v) is 11.5. The highest BCUT2D eigenvalue weighted by molar-refractivity contribution is 5.99. The minimum atomic E-state index is -0.474. The number of pyridine rings is 1. The highest BCUT2D eigenvalue weighted by atomic mass is 16.2. The molecular weight excluding hydrogens is 390 g/mol. The van der Waals surface area contributed by atoms with Gasteiger partial charge >= 0.3 is 0 Å². The molecule has 0 atom stereocenters. The molecule has 162 valence electrons. The van der Waals surface area contributed by atoms with Crippen LogP contribution in [0.4, 0.5) is 0 Å². The second-order valence-electron chi connectivity index (χ2n) is 9.25. The van der Waals surface area contributed by atoms with Crippen LogP contribution in [0.5, 0.6) is 0 Å². The van der Waals surface area contributed by atoms with E-state index in [1.54, 1.807) is 12.4 Å². The summed E-state index contributed by atoms with van der Waals surface area (Å²) >= 11 is 0. The first-order chi connectivity index (χ1) is 15.1. The summed E-state index contributed by atoms with van der Waals surface area (Å²) in [6.07, 6.45) is 12.1. The van der Waals surface area contributed by atoms with E-state index in [0.29, 0.717) is 0 Å². The van der Waals surface area contributed by atoms with Gasteiger partial charge in [0.15, 0.2) is 0 Å². The predicted molar refractivity (Wildman–Crippen MR) is 118 cm³/mol. The van der Waals surface area contributed by atoms with Gasteiger partial charge in [-0.3, -0.25) is 14.4 Å². The van der Waals surface area contributed by atoms with Crippen LogP contribution in [0, 0.1) is 0 Å². The molecule has 0 radical (unpaired) electrons. The van der Waals surface area contributed by atoms with Gasteiger partial charge in [0.05, 0.1) is 0 Å². The summed E-state index contributed by atoms with van der Waals surface area (Å²) in [7, 11) is 0. The fraction of sp³-hybridized carbons (Fsp3) is 0.480. The molecule has 1 aromatic carbocycles. The van der Waals surface area contributed by atoms with Gasteiger partial charge in [0, 0.05) is 30.5 Å². The van der Waals surface area contributed by atoms with Crippen LogP contribution in [0.1, 0.15) is 82.8 Å². The molecule has 3 aliphatic rings. The van der Waals surface area contributed by atoms with Crippen molar-refractivity contribution < 1.29 is 9.59 Å². The summed E-state index contributed by atoms with van der Waals surface area (Å²) < 4.78 is 1.88. The molecule has 5 rings (SSSR count). The van der Waals surface area contributed by atoms with Gasteiger partial charge in [-0.25, -0.2) is 0 Å². The number of fused-ring (bicyclic) bond motifs is 1. The van der Waals surface area contributed by atoms with E-state index in [1.807, 2.05) is 16.7 Å². The van der Waals surface area contributed by atoms with Gasteiger partial charge in [-0.05, 0) is 49.7 Å². The molecule has 0 spiro atoms. The van der Waals surface area contributed by atoms with Gasteiger partial charge in [0.2, 0.25) is 5.43 Å². The van der Waals surface area contributed by atoms with Crippen LogP contribution in [0.2, 0.25) is 0 Å². The van der Waals surface area contributed by atoms with Crippen molar-refractivity contribution in [1.82, 2.24) is 15.2 Å². The lowest BCUT2D eigenvalue weighted by Gasteiger charge is -2.23. The van der Waals surface area contributed by atoms with E-state index < -0.39 is 5.43 Å². The molecule has 2 fully saturated rings. The molecule has 6 heteroatoms. The summed E-state index contributed by atoms with van der Waals surface area (Å²) in [5.74, 6) is -0.737. The molecule has 31 heavy (non-hydrogen) atoms. The van der Waals surface area contributed by atoms with Crippen LogP contribution in [0.25, 0.3) is 0 Å². The molecule has 2 N–H and O–H groups in total. The Balaban J connectivity index is 1.37. The van der Waals surface area contributed by atoms with E-state index >= 15 is 0 Å². The number of hydrogen-bond donors (Lipinski definition) is 2. The van der Waals surface area contributed by atoms with Crippen LogP contribution in [-0.4, -0.2) is 28.5 Å². The Hall–Kier alpha value is -2.89. The van der Waals surface area contributed by atoms with E-state index in [4.69, 9.17) is 0 Å². The number of amides is 2. The number of benzene rings is 1. The molecule has 1 aromatic heterocycles. The highest BCUT2D eigenvalue weighted by Crippen LogP contribution is 2.34. The predicted octanol–water partition coefficient (Wildman–Crippen LogP) is 3.14. The van der Waals surface area contributed by atoms with Crippen LogP contribution in [0.3, 0.4) is 0 Å². The largest absolute Gasteiger partial charge is 0.349 e. The molecule has 2 aromatic rings. The van der Waals surface area contributed by atoms with Crippen LogP contribution in [-0.2, 0) is 12.8 Å². The second kappa shape index (κ2) is 8.33. The molecule has 0 bridgehead atoms. The number of rotatable bonds is 5. The fourth-order valence-corrected chi connectivity index (χ4v) is 4.94. The Labute approximate surface area is 182 Å². The third-order valence-electron chi connectivity index (χ3n) is 6.83. The average molecular weight is 420 g/mol. The van der Waals surface area contributed by atoms with Crippen molar-refractivity contribution in [3.63, 3.8) is 0 Å². The van der Waals surface area contributed by atoms with Crippen LogP contribution >= 0.6 is 0 Å². The summed E-state index contributed by atoms with van der Waals surface area (Å²) in [5.41, 5.74) is 2.16. The third kappa shape index (κ3) is 4.29. The minimum Gasteiger partial charge on any atom is -0.349 e. The molecule has 1 heterocycles. The Morgan fingerprint density at radius 1 is 0.774 bits per heavy atom. The van der Waals surface area contributed by atoms with E-state index in [-0.39, 0.29) is 41.1 Å². The monoisotopic (exact) mass is 419 g/mol. The molecule has 2 amide bonds. The number of nitrogens with zero attached hydrogens (tertiary/aromatic N) is 1. The zero-order valence-corrected chi connectivity index (χ0v) is 17.7. The molecule has 0 aliphatic heterocycles. The van der Waals surface area contributed by atoms with Crippen LogP contribution < -0.4 is 16.1 Å². The van der Waals surface area contributed by atoms with Gasteiger partial charge in [0.1, 0.15) is 11.1 Å². The highest BCUT2D eigenvalue weighted by Gasteiger charge is 2.29. The molecular formula is C25H29N3O3. The van der Waals surface area contributed by atoms with Gasteiger partial charge in [0.25, 0.3) is 11.8 Å². The fourth-order valence-electron chi connectivity index (χ4n) is 4.94. The Morgan fingerprint density at radius 2 is 1.32 bits per heavy atom. The van der Waals surface area contributed by atoms with Crippen molar-refractivity contribution in [2.45, 2.75) is 75.9 Å². The van der Waals surface area contributed by atoms with Crippen molar-refractivity contribution in [3.05, 3.63) is 69.1 Å². The smallest absolute Gasteiger partial charge is 0.257 e. The molecule has 0 saturated heterocycles. The van der Waals surface area contributed by atoms with Gasteiger partial charge in [-0.1, -0.05) is 43.5 Å². The summed E-state index contributed by atoms with van der Waals surface area (Å²) in [5, 5.41) is 6.06. The van der Waals surface area contributed by atoms with Crippen molar-refractivity contribution in [1.29, 1.82) is 0 Å². The first-order valence-electron chi connectivity index (χ1n) is 11.5. The van der Waals surface area contributed by atoms with Gasteiger partial charge in [-0.2, -0.15) is 0 Å². The summed E-state index contributed by atoms with van der Waals surface area (Å²) in [4.78, 5) is 39.2. The van der Waals surface area contributed by atoms with Crippen molar-refractivity contribution in [3.8, 4) is 0 Å². The molecule has 2 saturated carbocycles. The Bertz CT molecular complexity index is 1040. The standard InChI is InChI=1S/C25H29N3O3/c29-23-21(24(30)26-18-8-2-1-3-9-18)14-28(20-10-11-20)15-22(23)25(31)27-19-12-16-6-4-5-7-17(16)13-19/h4-7,14-15,18-20H,1-3,8-13H2,(H,26,30)(H,27,31). The Kier molecular flexibility index (Phi) is 5.38. The maximum atomic E-state index is 13.1. The third-order valence-corrected chi connectivity index (χ3v) is 6.83. The average Bonchev–Trinajstić information content (AvgIpc) is 3.54. The molecule has 0 unspecified atom stereocenters. The lowest BCUT2D eigenvalue weighted by Crippen LogP contribution is -2.42. The quantitative estimate of drug-likeness (QED) is 0.781. The molecule has 6 nitrogen and oxygen atoms in total. The number of nitrogens with one attached hydrogen (secondary N) is 2. The maximum Gasteiger partial charge on any atom is 0.257 e. The van der Waals surface area contributed by atoms with E-state index in [0.717, 1.165) is 51.4 Å². The second-order valence-corrected chi connectivity index (χ2v) is 9.25. The minimum absolute atomic E-state index is 0.0293. The lowest BCUT2D eigenvalue weighted by molar-refractivity contribution is 0.0925. The lowest BCUT2D eigenvalue weighted by atomic mass is 9.95. The van der Waals surface area contributed by atoms with Gasteiger partial charge in [-0.15, -0.1) is 0 Å². The summed E-state index contributed by atoms with van der Waals surface area (Å²) in [6, 6.07) is 8.53. The van der Waals surface area contributed by atoms with Crippen molar-refractivity contribution in [2.75, 3.05) is 0 Å². The first kappa shape index (κ1) is 20.0. The maximum absolute atomic E-state index is 13.1. The number of hydrogen-bond acceptors (Lipinski definition) is 3. The van der Waals surface area contributed by atoms with Gasteiger partial charge < -0.3 is 15.2 Å². The number of carbonyl (C=O) groups excluding carboxylic acids is 2. The van der Waals surface area contributed by atoms with Crippen LogP contribution in [0.15, 0.2) is 41.5 Å². The zero-order valence-electron chi connectivity index (χ0n) is 17.7. The number of carbonyl (C=O) groups is 2. The van der Waals surface area contributed by atoms with E-state index in [2.05, 4.69) is 22.8 Å². The normalized spacial score (nSPS) is 19.1. The van der Waals surface area contributed by atoms with Crippen molar-refractivity contribution in [2.24, 2.45) is 0 Å². The zero-order chi connectivity index (χ0) is 21.4. The van der Waals surface area contributed by atoms with E-state index in [9.17, 15) is 14.4 Å². The van der Waals surface area contributed by atoms with Crippen molar-refractivity contribution >= 4 is 11.8 Å². The SMILES string of the molecule is O=C(NC1CCCCC1)c1cn(C2CC2)cc(C(=O)NC2Cc3ccccc3C2)c1=O. The topological polar surface area (TPSA) is 80.2 Å². The molecule has 3 aliphatic carbocycles.